The van der Waals surface area contributed by atoms with Crippen LogP contribution in [-0.4, -0.2) is 42.5 Å². The third kappa shape index (κ3) is 6.22. The third-order valence-electron chi connectivity index (χ3n) is 5.15. The Hall–Kier alpha value is -3.86. The first-order valence-corrected chi connectivity index (χ1v) is 12.2. The molecule has 0 aliphatic heterocycles. The number of amides is 2. The van der Waals surface area contributed by atoms with Gasteiger partial charge in [0.05, 0.1) is 0 Å². The number of furan rings is 1. The summed E-state index contributed by atoms with van der Waals surface area (Å²) in [5, 5.41) is 17.1. The monoisotopic (exact) mass is 510 g/mol. The van der Waals surface area contributed by atoms with Crippen molar-refractivity contribution in [2.45, 2.75) is 52.4 Å². The Morgan fingerprint density at radius 3 is 2.53 bits per heavy atom. The lowest BCUT2D eigenvalue weighted by Gasteiger charge is -2.33. The number of nitrogens with one attached hydrogen (secondary N) is 1. The minimum absolute atomic E-state index is 0.0815. The van der Waals surface area contributed by atoms with Crippen LogP contribution in [0, 0.1) is 12.7 Å². The van der Waals surface area contributed by atoms with Crippen LogP contribution in [0.4, 0.5) is 4.39 Å². The van der Waals surface area contributed by atoms with Gasteiger partial charge in [0.1, 0.15) is 24.2 Å². The van der Waals surface area contributed by atoms with Gasteiger partial charge >= 0.3 is 0 Å². The van der Waals surface area contributed by atoms with Crippen molar-refractivity contribution in [1.29, 1.82) is 0 Å². The van der Waals surface area contributed by atoms with Crippen LogP contribution in [0.3, 0.4) is 0 Å². The predicted octanol–water partition coefficient (Wildman–Crippen LogP) is 4.13. The Balaban J connectivity index is 1.66. The minimum Gasteiger partial charge on any atom is -0.458 e. The SMILES string of the molecule is Cc1ccc(-c2nnn(CC(=O)N(Cc3ccc(F)cc3)[C@@H](C(=O)NC(C)(C)C)c3cccs3)n2)o1. The van der Waals surface area contributed by atoms with E-state index in [-0.39, 0.29) is 30.6 Å². The summed E-state index contributed by atoms with van der Waals surface area (Å²) in [6.45, 7) is 7.26. The molecule has 36 heavy (non-hydrogen) atoms. The molecule has 1 atom stereocenters. The minimum atomic E-state index is -0.905. The van der Waals surface area contributed by atoms with Crippen LogP contribution >= 0.6 is 11.3 Å². The van der Waals surface area contributed by atoms with Crippen LogP contribution < -0.4 is 5.32 Å². The zero-order valence-electron chi connectivity index (χ0n) is 20.4. The number of aromatic nitrogens is 4. The molecule has 0 radical (unpaired) electrons. The van der Waals surface area contributed by atoms with E-state index in [1.54, 1.807) is 31.2 Å². The summed E-state index contributed by atoms with van der Waals surface area (Å²) in [6.07, 6.45) is 0. The van der Waals surface area contributed by atoms with Gasteiger partial charge in [-0.05, 0) is 74.2 Å². The molecule has 3 aromatic heterocycles. The third-order valence-corrected chi connectivity index (χ3v) is 6.07. The van der Waals surface area contributed by atoms with Crippen molar-refractivity contribution in [2.75, 3.05) is 0 Å². The van der Waals surface area contributed by atoms with Crippen LogP contribution in [0.25, 0.3) is 11.6 Å². The van der Waals surface area contributed by atoms with Crippen molar-refractivity contribution >= 4 is 23.2 Å². The number of aryl methyl sites for hydroxylation is 1. The molecule has 11 heteroatoms. The molecule has 0 aliphatic rings. The molecule has 0 unspecified atom stereocenters. The number of carbonyl (C=O) groups excluding carboxylic acids is 2. The van der Waals surface area contributed by atoms with Gasteiger partial charge in [0.15, 0.2) is 5.76 Å². The van der Waals surface area contributed by atoms with Crippen molar-refractivity contribution in [3.05, 3.63) is 75.9 Å². The number of tetrazole rings is 1. The van der Waals surface area contributed by atoms with Gasteiger partial charge in [0.25, 0.3) is 0 Å². The first kappa shape index (κ1) is 25.2. The molecule has 1 N–H and O–H groups in total. The number of carbonyl (C=O) groups is 2. The molecule has 9 nitrogen and oxygen atoms in total. The highest BCUT2D eigenvalue weighted by Gasteiger charge is 2.34. The Kier molecular flexibility index (Phi) is 7.30. The lowest BCUT2D eigenvalue weighted by Crippen LogP contribution is -2.49. The van der Waals surface area contributed by atoms with E-state index in [4.69, 9.17) is 4.42 Å². The van der Waals surface area contributed by atoms with Crippen molar-refractivity contribution in [1.82, 2.24) is 30.4 Å². The van der Waals surface area contributed by atoms with Gasteiger partial charge in [0, 0.05) is 17.0 Å². The molecule has 0 fully saturated rings. The smallest absolute Gasteiger partial charge is 0.248 e. The fourth-order valence-corrected chi connectivity index (χ4v) is 4.43. The van der Waals surface area contributed by atoms with Crippen LogP contribution in [0.1, 0.15) is 43.0 Å². The highest BCUT2D eigenvalue weighted by atomic mass is 32.1. The Morgan fingerprint density at radius 2 is 1.92 bits per heavy atom. The van der Waals surface area contributed by atoms with Crippen molar-refractivity contribution in [3.8, 4) is 11.6 Å². The summed E-state index contributed by atoms with van der Waals surface area (Å²) in [4.78, 5) is 30.5. The number of nitrogens with zero attached hydrogens (tertiary/aromatic N) is 5. The number of hydrogen-bond donors (Lipinski definition) is 1. The molecular weight excluding hydrogens is 483 g/mol. The average molecular weight is 511 g/mol. The molecule has 4 aromatic rings. The maximum atomic E-state index is 13.7. The zero-order valence-corrected chi connectivity index (χ0v) is 21.3. The van der Waals surface area contributed by atoms with Crippen LogP contribution in [0.15, 0.2) is 58.3 Å². The highest BCUT2D eigenvalue weighted by Crippen LogP contribution is 2.28. The normalized spacial score (nSPS) is 12.4. The molecule has 0 saturated carbocycles. The maximum absolute atomic E-state index is 13.7. The summed E-state index contributed by atoms with van der Waals surface area (Å²) >= 11 is 1.38. The summed E-state index contributed by atoms with van der Waals surface area (Å²) in [7, 11) is 0. The topological polar surface area (TPSA) is 106 Å². The van der Waals surface area contributed by atoms with E-state index < -0.39 is 17.5 Å². The van der Waals surface area contributed by atoms with Gasteiger partial charge in [-0.3, -0.25) is 9.59 Å². The average Bonchev–Trinajstić information content (AvgIpc) is 3.56. The summed E-state index contributed by atoms with van der Waals surface area (Å²) in [6, 6.07) is 12.1. The van der Waals surface area contributed by atoms with E-state index in [2.05, 4.69) is 20.7 Å². The number of rotatable bonds is 8. The molecule has 1 aromatic carbocycles. The second-order valence-corrected chi connectivity index (χ2v) is 10.3. The van der Waals surface area contributed by atoms with E-state index >= 15 is 0 Å². The fourth-order valence-electron chi connectivity index (χ4n) is 3.59. The quantitative estimate of drug-likeness (QED) is 0.382. The predicted molar refractivity (Wildman–Crippen MR) is 132 cm³/mol. The van der Waals surface area contributed by atoms with Crippen LogP contribution in [0.5, 0.6) is 0 Å². The van der Waals surface area contributed by atoms with Crippen molar-refractivity contribution in [2.24, 2.45) is 0 Å². The Labute approximate surface area is 211 Å². The van der Waals surface area contributed by atoms with E-state index in [0.29, 0.717) is 22.0 Å². The van der Waals surface area contributed by atoms with E-state index in [0.717, 1.165) is 0 Å². The zero-order chi connectivity index (χ0) is 25.9. The molecule has 0 spiro atoms. The van der Waals surface area contributed by atoms with Gasteiger partial charge in [-0.15, -0.1) is 21.5 Å². The van der Waals surface area contributed by atoms with Gasteiger partial charge in [-0.2, -0.15) is 4.80 Å². The highest BCUT2D eigenvalue weighted by molar-refractivity contribution is 7.10. The van der Waals surface area contributed by atoms with E-state index in [1.165, 1.54) is 33.2 Å². The van der Waals surface area contributed by atoms with Gasteiger partial charge in [-0.25, -0.2) is 4.39 Å². The van der Waals surface area contributed by atoms with Gasteiger partial charge in [0.2, 0.25) is 17.6 Å². The molecule has 2 amide bonds. The van der Waals surface area contributed by atoms with E-state index in [1.807, 2.05) is 38.3 Å². The fraction of sp³-hybridized carbons (Fsp3) is 0.320. The number of thiophene rings is 1. The Morgan fingerprint density at radius 1 is 1.17 bits per heavy atom. The largest absolute Gasteiger partial charge is 0.458 e. The summed E-state index contributed by atoms with van der Waals surface area (Å²) < 4.78 is 19.1. The molecule has 0 bridgehead atoms. The number of hydrogen-bond acceptors (Lipinski definition) is 7. The Bertz CT molecular complexity index is 1320. The molecule has 188 valence electrons. The van der Waals surface area contributed by atoms with Crippen molar-refractivity contribution in [3.63, 3.8) is 0 Å². The second kappa shape index (κ2) is 10.4. The molecule has 0 aliphatic carbocycles. The molecule has 4 rings (SSSR count). The number of benzene rings is 1. The summed E-state index contributed by atoms with van der Waals surface area (Å²) in [5.74, 6) is 0.285. The molecule has 3 heterocycles. The second-order valence-electron chi connectivity index (χ2n) is 9.36. The lowest BCUT2D eigenvalue weighted by molar-refractivity contribution is -0.143. The first-order valence-electron chi connectivity index (χ1n) is 11.3. The maximum Gasteiger partial charge on any atom is 0.248 e. The number of halogens is 1. The lowest BCUT2D eigenvalue weighted by atomic mass is 10.1. The van der Waals surface area contributed by atoms with Gasteiger partial charge in [-0.1, -0.05) is 18.2 Å². The van der Waals surface area contributed by atoms with Gasteiger partial charge < -0.3 is 14.6 Å². The van der Waals surface area contributed by atoms with Crippen molar-refractivity contribution < 1.29 is 18.4 Å². The van der Waals surface area contributed by atoms with Crippen LogP contribution in [0.2, 0.25) is 0 Å². The van der Waals surface area contributed by atoms with E-state index in [9.17, 15) is 14.0 Å². The standard InChI is InChI=1S/C25H27FN6O3S/c1-16-7-12-19(35-16)23-28-30-32(29-23)15-21(33)31(14-17-8-10-18(26)11-9-17)22(20-6-5-13-36-20)24(34)27-25(2,3)4/h5-13,22H,14-15H2,1-4H3,(H,27,34)/t22-/m1/s1. The summed E-state index contributed by atoms with van der Waals surface area (Å²) in [5.41, 5.74) is 0.161. The molecule has 0 saturated heterocycles. The molecular formula is C25H27FN6O3S. The van der Waals surface area contributed by atoms with Crippen LogP contribution in [-0.2, 0) is 22.7 Å². The first-order chi connectivity index (χ1) is 17.1.